The minimum atomic E-state index is -3.49. The van der Waals surface area contributed by atoms with Crippen LogP contribution < -0.4 is 4.74 Å². The fourth-order valence-corrected chi connectivity index (χ4v) is 6.02. The van der Waals surface area contributed by atoms with Gasteiger partial charge in [-0.2, -0.15) is 4.31 Å². The lowest BCUT2D eigenvalue weighted by Crippen LogP contribution is -2.34. The molecule has 0 radical (unpaired) electrons. The van der Waals surface area contributed by atoms with Crippen LogP contribution in [-0.4, -0.2) is 32.9 Å². The van der Waals surface area contributed by atoms with Gasteiger partial charge in [0, 0.05) is 23.9 Å². The summed E-state index contributed by atoms with van der Waals surface area (Å²) in [6.45, 7) is 1.33. The van der Waals surface area contributed by atoms with Crippen LogP contribution in [0.1, 0.15) is 25.7 Å². The summed E-state index contributed by atoms with van der Waals surface area (Å²) in [5.74, 6) is 1.74. The van der Waals surface area contributed by atoms with E-state index in [2.05, 4.69) is 0 Å². The normalized spacial score (nSPS) is 24.9. The van der Waals surface area contributed by atoms with Crippen LogP contribution >= 0.6 is 0 Å². The van der Waals surface area contributed by atoms with Gasteiger partial charge >= 0.3 is 0 Å². The number of benzene rings is 2. The molecule has 2 bridgehead atoms. The maximum Gasteiger partial charge on any atom is 0.243 e. The molecule has 0 unspecified atom stereocenters. The molecule has 0 aromatic heterocycles. The lowest BCUT2D eigenvalue weighted by atomic mass is 9.84. The monoisotopic (exact) mass is 345 g/mol. The first-order chi connectivity index (χ1) is 11.6. The first-order valence-corrected chi connectivity index (χ1v) is 10.1. The Hall–Kier alpha value is -1.59. The van der Waals surface area contributed by atoms with Crippen molar-refractivity contribution in [3.05, 3.63) is 36.4 Å². The number of hydrogen-bond acceptors (Lipinski definition) is 3. The largest absolute Gasteiger partial charge is 0.496 e. The Kier molecular flexibility index (Phi) is 4.01. The number of sulfonamides is 1. The minimum Gasteiger partial charge on any atom is -0.496 e. The summed E-state index contributed by atoms with van der Waals surface area (Å²) in [5, 5.41) is 1.59. The van der Waals surface area contributed by atoms with Gasteiger partial charge in [-0.1, -0.05) is 24.3 Å². The maximum atomic E-state index is 13.4. The summed E-state index contributed by atoms with van der Waals surface area (Å²) in [5.41, 5.74) is 0. The van der Waals surface area contributed by atoms with E-state index >= 15 is 0 Å². The zero-order valence-corrected chi connectivity index (χ0v) is 14.8. The molecule has 4 nitrogen and oxygen atoms in total. The Morgan fingerprint density at radius 3 is 2.08 bits per heavy atom. The van der Waals surface area contributed by atoms with Gasteiger partial charge in [0.25, 0.3) is 0 Å². The van der Waals surface area contributed by atoms with Crippen molar-refractivity contribution in [1.29, 1.82) is 0 Å². The molecular weight excluding hydrogens is 322 g/mol. The van der Waals surface area contributed by atoms with Gasteiger partial charge < -0.3 is 4.74 Å². The second-order valence-electron chi connectivity index (χ2n) is 7.02. The third kappa shape index (κ3) is 2.60. The van der Waals surface area contributed by atoms with Gasteiger partial charge in [0.05, 0.1) is 12.0 Å². The first-order valence-electron chi connectivity index (χ1n) is 8.65. The molecule has 0 N–H and O–H groups in total. The predicted molar refractivity (Wildman–Crippen MR) is 94.7 cm³/mol. The Morgan fingerprint density at radius 2 is 1.50 bits per heavy atom. The molecule has 2 aromatic rings. The van der Waals surface area contributed by atoms with Crippen molar-refractivity contribution in [2.75, 3.05) is 20.2 Å². The fraction of sp³-hybridized carbons (Fsp3) is 0.474. The number of nitrogens with zero attached hydrogens (tertiary/aromatic N) is 1. The van der Waals surface area contributed by atoms with Gasteiger partial charge in [-0.15, -0.1) is 0 Å². The lowest BCUT2D eigenvalue weighted by molar-refractivity contribution is 0.326. The van der Waals surface area contributed by atoms with Gasteiger partial charge in [0.15, 0.2) is 0 Å². The van der Waals surface area contributed by atoms with E-state index < -0.39 is 10.0 Å². The molecule has 5 rings (SSSR count). The van der Waals surface area contributed by atoms with Gasteiger partial charge in [0.2, 0.25) is 10.0 Å². The van der Waals surface area contributed by atoms with E-state index in [0.29, 0.717) is 35.6 Å². The summed E-state index contributed by atoms with van der Waals surface area (Å²) in [4.78, 5) is 0.403. The molecule has 3 fully saturated rings. The smallest absolute Gasteiger partial charge is 0.243 e. The highest BCUT2D eigenvalue weighted by Gasteiger charge is 2.36. The van der Waals surface area contributed by atoms with Crippen LogP contribution in [0.2, 0.25) is 0 Å². The van der Waals surface area contributed by atoms with Crippen LogP contribution in [0.15, 0.2) is 41.3 Å². The van der Waals surface area contributed by atoms with Crippen LogP contribution in [0.5, 0.6) is 5.75 Å². The maximum absolute atomic E-state index is 13.4. The first kappa shape index (κ1) is 15.9. The molecule has 5 heteroatoms. The average Bonchev–Trinajstić information content (AvgIpc) is 2.95. The highest BCUT2D eigenvalue weighted by molar-refractivity contribution is 7.89. The molecule has 0 amide bonds. The predicted octanol–water partition coefficient (Wildman–Crippen LogP) is 3.66. The SMILES string of the molecule is COc1ccc(S(=O)(=O)N2CC3CCC(CC3)C2)c2ccccc12. The standard InChI is InChI=1S/C19H23NO3S/c1-23-18-10-11-19(17-5-3-2-4-16(17)18)24(21,22)20-12-14-6-7-15(13-20)9-8-14/h2-5,10-11,14-15H,6-9,12-13H2,1H3. The van der Waals surface area contributed by atoms with Crippen molar-refractivity contribution in [3.63, 3.8) is 0 Å². The van der Waals surface area contributed by atoms with Crippen LogP contribution in [-0.2, 0) is 10.0 Å². The second-order valence-corrected chi connectivity index (χ2v) is 8.93. The third-order valence-electron chi connectivity index (χ3n) is 5.57. The second kappa shape index (κ2) is 6.05. The Bertz CT molecular complexity index is 840. The van der Waals surface area contributed by atoms with Gasteiger partial charge in [-0.05, 0) is 49.7 Å². The number of rotatable bonds is 3. The zero-order chi connectivity index (χ0) is 16.7. The highest BCUT2D eigenvalue weighted by Crippen LogP contribution is 2.38. The van der Waals surface area contributed by atoms with Crippen LogP contribution in [0.3, 0.4) is 0 Å². The topological polar surface area (TPSA) is 46.6 Å². The molecule has 2 aromatic carbocycles. The van der Waals surface area contributed by atoms with E-state index in [0.717, 1.165) is 10.8 Å². The van der Waals surface area contributed by atoms with Crippen LogP contribution in [0, 0.1) is 11.8 Å². The van der Waals surface area contributed by atoms with Gasteiger partial charge in [-0.3, -0.25) is 0 Å². The number of methoxy groups -OCH3 is 1. The summed E-state index contributed by atoms with van der Waals surface area (Å²) < 4.78 is 33.8. The molecule has 0 atom stereocenters. The Morgan fingerprint density at radius 1 is 0.917 bits per heavy atom. The fourth-order valence-electron chi connectivity index (χ4n) is 4.23. The van der Waals surface area contributed by atoms with Crippen molar-refractivity contribution in [1.82, 2.24) is 4.31 Å². The van der Waals surface area contributed by atoms with E-state index in [1.54, 1.807) is 23.5 Å². The average molecular weight is 345 g/mol. The van der Waals surface area contributed by atoms with Gasteiger partial charge in [0.1, 0.15) is 5.75 Å². The van der Waals surface area contributed by atoms with E-state index in [4.69, 9.17) is 4.74 Å². The van der Waals surface area contributed by atoms with Crippen molar-refractivity contribution in [2.24, 2.45) is 11.8 Å². The summed E-state index contributed by atoms with van der Waals surface area (Å²) >= 11 is 0. The molecule has 24 heavy (non-hydrogen) atoms. The molecule has 0 spiro atoms. The van der Waals surface area contributed by atoms with E-state index in [9.17, 15) is 8.42 Å². The third-order valence-corrected chi connectivity index (χ3v) is 7.46. The van der Waals surface area contributed by atoms with Crippen molar-refractivity contribution in [2.45, 2.75) is 30.6 Å². The quantitative estimate of drug-likeness (QED) is 0.853. The molecule has 2 heterocycles. The van der Waals surface area contributed by atoms with E-state index in [-0.39, 0.29) is 0 Å². The van der Waals surface area contributed by atoms with Crippen molar-refractivity contribution < 1.29 is 13.2 Å². The van der Waals surface area contributed by atoms with Gasteiger partial charge in [-0.25, -0.2) is 8.42 Å². The summed E-state index contributed by atoms with van der Waals surface area (Å²) in [6.07, 6.45) is 4.67. The zero-order valence-electron chi connectivity index (χ0n) is 13.9. The highest BCUT2D eigenvalue weighted by atomic mass is 32.2. The molecule has 2 aliphatic heterocycles. The molecule has 3 aliphatic rings. The summed E-state index contributed by atoms with van der Waals surface area (Å²) in [6, 6.07) is 11.0. The van der Waals surface area contributed by atoms with Crippen molar-refractivity contribution in [3.8, 4) is 5.75 Å². The number of ether oxygens (including phenoxy) is 1. The number of hydrogen-bond donors (Lipinski definition) is 0. The van der Waals surface area contributed by atoms with E-state index in [1.807, 2.05) is 24.3 Å². The molecule has 128 valence electrons. The molecular formula is C19H23NO3S. The molecule has 1 aliphatic carbocycles. The number of fused-ring (bicyclic) bond motifs is 5. The van der Waals surface area contributed by atoms with Crippen molar-refractivity contribution >= 4 is 20.8 Å². The van der Waals surface area contributed by atoms with Crippen LogP contribution in [0.4, 0.5) is 0 Å². The van der Waals surface area contributed by atoms with Crippen LogP contribution in [0.25, 0.3) is 10.8 Å². The molecule has 2 saturated heterocycles. The summed E-state index contributed by atoms with van der Waals surface area (Å²) in [7, 11) is -1.87. The Balaban J connectivity index is 1.81. The Labute approximate surface area is 143 Å². The lowest BCUT2D eigenvalue weighted by Gasteiger charge is -2.23. The molecule has 1 saturated carbocycles. The van der Waals surface area contributed by atoms with E-state index in [1.165, 1.54) is 25.7 Å². The minimum absolute atomic E-state index is 0.403.